The molecule has 0 atom stereocenters. The van der Waals surface area contributed by atoms with E-state index >= 15 is 0 Å². The minimum Gasteiger partial charge on any atom is -0.329 e. The fourth-order valence-corrected chi connectivity index (χ4v) is 1.81. The van der Waals surface area contributed by atoms with Gasteiger partial charge in [0.15, 0.2) is 0 Å². The highest BCUT2D eigenvalue weighted by molar-refractivity contribution is 5.90. The lowest BCUT2D eigenvalue weighted by atomic mass is 10.2. The van der Waals surface area contributed by atoms with Crippen LogP contribution in [0, 0.1) is 0 Å². The zero-order valence-electron chi connectivity index (χ0n) is 10.1. The summed E-state index contributed by atoms with van der Waals surface area (Å²) in [6.45, 7) is 2.69. The Bertz CT molecular complexity index is 632. The van der Waals surface area contributed by atoms with Crippen molar-refractivity contribution in [1.29, 1.82) is 0 Å². The zero-order chi connectivity index (χ0) is 13.0. The molecule has 2 aromatic heterocycles. The molecule has 0 bridgehead atoms. The Labute approximate surface area is 104 Å². The summed E-state index contributed by atoms with van der Waals surface area (Å²) < 4.78 is 1.64. The minimum atomic E-state index is -0.104. The highest BCUT2D eigenvalue weighted by Gasteiger charge is 2.07. The second kappa shape index (κ2) is 5.42. The fourth-order valence-electron chi connectivity index (χ4n) is 1.81. The largest absolute Gasteiger partial charge is 0.329 e. The lowest BCUT2D eigenvalue weighted by molar-refractivity contribution is 0.707. The predicted molar refractivity (Wildman–Crippen MR) is 72.8 cm³/mol. The zero-order valence-corrected chi connectivity index (χ0v) is 10.1. The first-order valence-electron chi connectivity index (χ1n) is 5.69. The number of hydrogen-bond acceptors (Lipinski definition) is 5. The summed E-state index contributed by atoms with van der Waals surface area (Å²) in [5.41, 5.74) is 9.70. The van der Waals surface area contributed by atoms with Gasteiger partial charge in [-0.05, 0) is 13.0 Å². The summed E-state index contributed by atoms with van der Waals surface area (Å²) in [6, 6.07) is 3.31. The summed E-state index contributed by atoms with van der Waals surface area (Å²) in [7, 11) is 0. The van der Waals surface area contributed by atoms with Crippen LogP contribution in [0.4, 0.5) is 5.69 Å². The highest BCUT2D eigenvalue weighted by Crippen LogP contribution is 2.20. The number of nitrogens with two attached hydrogens (primary N) is 1. The van der Waals surface area contributed by atoms with Crippen molar-refractivity contribution in [3.63, 3.8) is 0 Å². The summed E-state index contributed by atoms with van der Waals surface area (Å²) in [4.78, 5) is 16.1. The normalized spacial score (nSPS) is 11.2. The molecule has 94 valence electrons. The summed E-state index contributed by atoms with van der Waals surface area (Å²) in [5.74, 6) is 0. The molecule has 0 amide bonds. The fraction of sp³-hybridized carbons (Fsp3) is 0.250. The van der Waals surface area contributed by atoms with Gasteiger partial charge in [0.05, 0.1) is 11.2 Å². The number of anilines is 1. The van der Waals surface area contributed by atoms with Crippen molar-refractivity contribution in [3.05, 3.63) is 34.9 Å². The van der Waals surface area contributed by atoms with Gasteiger partial charge >= 0.3 is 0 Å². The van der Waals surface area contributed by atoms with E-state index in [1.165, 1.54) is 6.07 Å². The van der Waals surface area contributed by atoms with E-state index in [0.29, 0.717) is 18.8 Å². The van der Waals surface area contributed by atoms with Gasteiger partial charge in [-0.3, -0.25) is 15.2 Å². The van der Waals surface area contributed by atoms with Crippen molar-refractivity contribution in [2.24, 2.45) is 10.8 Å². The van der Waals surface area contributed by atoms with Crippen LogP contribution in [0.3, 0.4) is 0 Å². The van der Waals surface area contributed by atoms with Gasteiger partial charge in [0.2, 0.25) is 0 Å². The van der Waals surface area contributed by atoms with Gasteiger partial charge in [-0.15, -0.1) is 0 Å². The Kier molecular flexibility index (Phi) is 3.69. The molecule has 2 heterocycles. The predicted octanol–water partition coefficient (Wildman–Crippen LogP) is 0.773. The van der Waals surface area contributed by atoms with Crippen LogP contribution in [0.1, 0.15) is 6.92 Å². The van der Waals surface area contributed by atoms with Gasteiger partial charge in [0.1, 0.15) is 0 Å². The number of nitrogens with zero attached hydrogens (tertiary/aromatic N) is 3. The van der Waals surface area contributed by atoms with Crippen molar-refractivity contribution >= 4 is 22.8 Å². The summed E-state index contributed by atoms with van der Waals surface area (Å²) in [6.07, 6.45) is 4.98. The van der Waals surface area contributed by atoms with E-state index in [-0.39, 0.29) is 5.56 Å². The van der Waals surface area contributed by atoms with Gasteiger partial charge in [0.25, 0.3) is 5.56 Å². The molecule has 0 saturated carbocycles. The van der Waals surface area contributed by atoms with Gasteiger partial charge in [-0.1, -0.05) is 0 Å². The quantitative estimate of drug-likeness (QED) is 0.615. The lowest BCUT2D eigenvalue weighted by Crippen LogP contribution is -2.24. The van der Waals surface area contributed by atoms with Crippen LogP contribution < -0.4 is 16.7 Å². The minimum absolute atomic E-state index is 0.104. The molecule has 18 heavy (non-hydrogen) atoms. The Morgan fingerprint density at radius 2 is 2.44 bits per heavy atom. The molecule has 6 nitrogen and oxygen atoms in total. The van der Waals surface area contributed by atoms with E-state index in [0.717, 1.165) is 10.9 Å². The number of fused-ring (bicyclic) bond motifs is 1. The van der Waals surface area contributed by atoms with Crippen molar-refractivity contribution in [2.45, 2.75) is 13.5 Å². The monoisotopic (exact) mass is 245 g/mol. The number of rotatable bonds is 4. The molecular formula is C12H15N5O. The van der Waals surface area contributed by atoms with E-state index in [9.17, 15) is 4.79 Å². The smallest absolute Gasteiger partial charge is 0.253 e. The second-order valence-electron chi connectivity index (χ2n) is 3.73. The number of pyridine rings is 2. The molecule has 2 rings (SSSR count). The molecule has 3 N–H and O–H groups in total. The van der Waals surface area contributed by atoms with Crippen molar-refractivity contribution in [2.75, 3.05) is 12.0 Å². The van der Waals surface area contributed by atoms with Gasteiger partial charge in [0, 0.05) is 43.2 Å². The lowest BCUT2D eigenvalue weighted by Gasteiger charge is -2.11. The van der Waals surface area contributed by atoms with Crippen molar-refractivity contribution < 1.29 is 0 Å². The third kappa shape index (κ3) is 2.23. The second-order valence-corrected chi connectivity index (χ2v) is 3.73. The van der Waals surface area contributed by atoms with Crippen LogP contribution in [0.25, 0.3) is 10.9 Å². The van der Waals surface area contributed by atoms with Crippen LogP contribution in [0.2, 0.25) is 0 Å². The molecule has 0 unspecified atom stereocenters. The number of aromatic nitrogens is 2. The van der Waals surface area contributed by atoms with Gasteiger partial charge < -0.3 is 10.3 Å². The van der Waals surface area contributed by atoms with Crippen molar-refractivity contribution in [3.8, 4) is 0 Å². The highest BCUT2D eigenvalue weighted by atomic mass is 16.1. The van der Waals surface area contributed by atoms with Crippen LogP contribution in [-0.4, -0.2) is 22.3 Å². The Morgan fingerprint density at radius 1 is 1.61 bits per heavy atom. The third-order valence-electron chi connectivity index (χ3n) is 2.58. The number of hydrogen-bond donors (Lipinski definition) is 2. The first kappa shape index (κ1) is 12.3. The molecule has 0 aromatic carbocycles. The summed E-state index contributed by atoms with van der Waals surface area (Å²) in [5, 5.41) is 4.78. The maximum Gasteiger partial charge on any atom is 0.253 e. The maximum absolute atomic E-state index is 12.0. The van der Waals surface area contributed by atoms with Crippen LogP contribution in [-0.2, 0) is 6.54 Å². The molecule has 6 heteroatoms. The Morgan fingerprint density at radius 3 is 3.17 bits per heavy atom. The van der Waals surface area contributed by atoms with E-state index in [1.807, 2.05) is 0 Å². The van der Waals surface area contributed by atoms with E-state index < -0.39 is 0 Å². The SMILES string of the molecule is C/C=N\Nc1cc(=O)n(CCN)c2ccncc12. The summed E-state index contributed by atoms with van der Waals surface area (Å²) >= 11 is 0. The molecule has 2 aromatic rings. The molecule has 0 spiro atoms. The van der Waals surface area contributed by atoms with Crippen molar-refractivity contribution in [1.82, 2.24) is 9.55 Å². The van der Waals surface area contributed by atoms with E-state index in [2.05, 4.69) is 15.5 Å². The molecule has 0 aliphatic heterocycles. The molecule has 0 saturated heterocycles. The maximum atomic E-state index is 12.0. The Hall–Kier alpha value is -2.21. The molecule has 0 aliphatic rings. The van der Waals surface area contributed by atoms with Crippen LogP contribution in [0.15, 0.2) is 34.4 Å². The molecule has 0 fully saturated rings. The Balaban J connectivity index is 2.68. The molecule has 0 aliphatic carbocycles. The standard InChI is InChI=1S/C12H15N5O/c1-2-15-16-10-7-12(18)17(6-4-13)11-3-5-14-8-9(10)11/h2-3,5,7-8,16H,4,6,13H2,1H3/b15-2-. The third-order valence-corrected chi connectivity index (χ3v) is 2.58. The van der Waals surface area contributed by atoms with Crippen LogP contribution in [0.5, 0.6) is 0 Å². The average molecular weight is 245 g/mol. The first-order chi connectivity index (χ1) is 8.77. The number of hydrazone groups is 1. The molecule has 0 radical (unpaired) electrons. The average Bonchev–Trinajstić information content (AvgIpc) is 2.40. The first-order valence-corrected chi connectivity index (χ1v) is 5.69. The van der Waals surface area contributed by atoms with Crippen LogP contribution >= 0.6 is 0 Å². The van der Waals surface area contributed by atoms with Gasteiger partial charge in [-0.25, -0.2) is 0 Å². The molecular weight excluding hydrogens is 230 g/mol. The van der Waals surface area contributed by atoms with Gasteiger partial charge in [-0.2, -0.15) is 5.10 Å². The van der Waals surface area contributed by atoms with E-state index in [1.54, 1.807) is 36.2 Å². The number of nitrogens with one attached hydrogen (secondary N) is 1. The topological polar surface area (TPSA) is 85.3 Å². The van der Waals surface area contributed by atoms with E-state index in [4.69, 9.17) is 5.73 Å².